The third-order valence-corrected chi connectivity index (χ3v) is 1.83. The molecule has 0 amide bonds. The Morgan fingerprint density at radius 3 is 2.85 bits per heavy atom. The van der Waals surface area contributed by atoms with E-state index in [2.05, 4.69) is 20.1 Å². The molecule has 0 saturated carbocycles. The van der Waals surface area contributed by atoms with E-state index < -0.39 is 5.41 Å². The van der Waals surface area contributed by atoms with Gasteiger partial charge < -0.3 is 4.74 Å². The summed E-state index contributed by atoms with van der Waals surface area (Å²) in [6.45, 7) is 3.63. The van der Waals surface area contributed by atoms with Crippen molar-refractivity contribution in [1.29, 1.82) is 0 Å². The number of rotatable bonds is 3. The summed E-state index contributed by atoms with van der Waals surface area (Å²) in [7, 11) is 1.38. The number of carbonyl (C=O) groups is 1. The molecule has 0 unspecified atom stereocenters. The quantitative estimate of drug-likeness (QED) is 0.695. The number of ether oxygens (including phenoxy) is 1. The molecule has 0 aromatic carbocycles. The Kier molecular flexibility index (Phi) is 2.65. The van der Waals surface area contributed by atoms with Gasteiger partial charge in [0, 0.05) is 6.42 Å². The predicted molar refractivity (Wildman–Crippen MR) is 45.9 cm³/mol. The van der Waals surface area contributed by atoms with Crippen LogP contribution in [0.4, 0.5) is 0 Å². The zero-order valence-electron chi connectivity index (χ0n) is 8.00. The van der Waals surface area contributed by atoms with Crippen molar-refractivity contribution >= 4 is 5.97 Å². The molecule has 0 atom stereocenters. The Bertz CT molecular complexity index is 280. The molecule has 5 nitrogen and oxygen atoms in total. The number of hydrogen-bond acceptors (Lipinski definition) is 4. The molecule has 1 aromatic rings. The zero-order valence-corrected chi connectivity index (χ0v) is 8.00. The van der Waals surface area contributed by atoms with E-state index in [1.807, 2.05) is 13.8 Å². The molecule has 0 spiro atoms. The predicted octanol–water partition coefficient (Wildman–Crippen LogP) is 0.546. The number of hydrogen-bond donors (Lipinski definition) is 1. The Morgan fingerprint density at radius 2 is 2.38 bits per heavy atom. The molecule has 1 rings (SSSR count). The summed E-state index contributed by atoms with van der Waals surface area (Å²) >= 11 is 0. The van der Waals surface area contributed by atoms with Gasteiger partial charge in [0.1, 0.15) is 0 Å². The van der Waals surface area contributed by atoms with Crippen molar-refractivity contribution < 1.29 is 9.53 Å². The summed E-state index contributed by atoms with van der Waals surface area (Å²) in [5, 5.41) is 10.0. The summed E-state index contributed by atoms with van der Waals surface area (Å²) in [5.74, 6) is -0.240. The van der Waals surface area contributed by atoms with Gasteiger partial charge in [-0.15, -0.1) is 0 Å². The molecule has 72 valence electrons. The number of aromatic nitrogens is 3. The Morgan fingerprint density at radius 1 is 1.69 bits per heavy atom. The number of methoxy groups -OCH3 is 1. The molecule has 13 heavy (non-hydrogen) atoms. The standard InChI is InChI=1S/C8H13N3O2/c1-8(2,7(12)13-3)4-6-5-9-11-10-6/h5H,4H2,1-3H3,(H,9,10,11). The molecule has 1 N–H and O–H groups in total. The van der Waals surface area contributed by atoms with Crippen molar-refractivity contribution in [2.24, 2.45) is 5.41 Å². The summed E-state index contributed by atoms with van der Waals surface area (Å²) in [6, 6.07) is 0. The first-order chi connectivity index (χ1) is 6.06. The van der Waals surface area contributed by atoms with Crippen LogP contribution in [-0.4, -0.2) is 28.5 Å². The fourth-order valence-electron chi connectivity index (χ4n) is 1.11. The van der Waals surface area contributed by atoms with Gasteiger partial charge in [0.25, 0.3) is 0 Å². The Labute approximate surface area is 76.5 Å². The second kappa shape index (κ2) is 3.55. The molecular weight excluding hydrogens is 170 g/mol. The highest BCUT2D eigenvalue weighted by molar-refractivity contribution is 5.76. The van der Waals surface area contributed by atoms with Crippen molar-refractivity contribution in [3.8, 4) is 0 Å². The van der Waals surface area contributed by atoms with Crippen LogP contribution in [0.25, 0.3) is 0 Å². The largest absolute Gasteiger partial charge is 0.469 e. The first kappa shape index (κ1) is 9.70. The molecule has 5 heteroatoms. The molecule has 0 aliphatic rings. The van der Waals surface area contributed by atoms with Crippen molar-refractivity contribution in [2.45, 2.75) is 20.3 Å². The fourth-order valence-corrected chi connectivity index (χ4v) is 1.11. The number of carbonyl (C=O) groups excluding carboxylic acids is 1. The molecule has 0 aliphatic heterocycles. The van der Waals surface area contributed by atoms with Gasteiger partial charge in [-0.2, -0.15) is 15.4 Å². The molecule has 1 aromatic heterocycles. The van der Waals surface area contributed by atoms with Crippen molar-refractivity contribution in [3.05, 3.63) is 11.9 Å². The van der Waals surface area contributed by atoms with Crippen molar-refractivity contribution in [2.75, 3.05) is 7.11 Å². The third kappa shape index (κ3) is 2.27. The first-order valence-electron chi connectivity index (χ1n) is 3.99. The van der Waals surface area contributed by atoms with Gasteiger partial charge in [0.15, 0.2) is 0 Å². The molecule has 0 bridgehead atoms. The molecular formula is C8H13N3O2. The highest BCUT2D eigenvalue weighted by Crippen LogP contribution is 2.21. The average Bonchev–Trinajstić information content (AvgIpc) is 2.54. The lowest BCUT2D eigenvalue weighted by molar-refractivity contribution is -0.150. The lowest BCUT2D eigenvalue weighted by atomic mass is 9.88. The Balaban J connectivity index is 2.67. The van der Waals surface area contributed by atoms with E-state index in [0.717, 1.165) is 5.69 Å². The second-order valence-electron chi connectivity index (χ2n) is 3.51. The van der Waals surface area contributed by atoms with Gasteiger partial charge in [0.2, 0.25) is 0 Å². The van der Waals surface area contributed by atoms with Crippen LogP contribution in [0.5, 0.6) is 0 Å². The topological polar surface area (TPSA) is 67.9 Å². The normalized spacial score (nSPS) is 11.3. The number of nitrogens with zero attached hydrogens (tertiary/aromatic N) is 2. The Hall–Kier alpha value is -1.39. The van der Waals surface area contributed by atoms with E-state index in [0.29, 0.717) is 6.42 Å². The van der Waals surface area contributed by atoms with Crippen LogP contribution in [0, 0.1) is 5.41 Å². The van der Waals surface area contributed by atoms with Crippen LogP contribution in [0.15, 0.2) is 6.20 Å². The number of H-pyrrole nitrogens is 1. The highest BCUT2D eigenvalue weighted by Gasteiger charge is 2.29. The van der Waals surface area contributed by atoms with E-state index in [1.54, 1.807) is 6.20 Å². The van der Waals surface area contributed by atoms with Crippen molar-refractivity contribution in [3.63, 3.8) is 0 Å². The smallest absolute Gasteiger partial charge is 0.311 e. The molecule has 0 aliphatic carbocycles. The maximum absolute atomic E-state index is 11.3. The van der Waals surface area contributed by atoms with Crippen LogP contribution in [0.3, 0.4) is 0 Å². The minimum atomic E-state index is -0.550. The van der Waals surface area contributed by atoms with Gasteiger partial charge in [-0.3, -0.25) is 4.79 Å². The summed E-state index contributed by atoms with van der Waals surface area (Å²) in [5.41, 5.74) is 0.210. The second-order valence-corrected chi connectivity index (χ2v) is 3.51. The number of aromatic amines is 1. The van der Waals surface area contributed by atoms with Crippen LogP contribution in [-0.2, 0) is 16.0 Å². The van der Waals surface area contributed by atoms with Crippen molar-refractivity contribution in [1.82, 2.24) is 15.4 Å². The molecule has 0 fully saturated rings. The van der Waals surface area contributed by atoms with E-state index in [1.165, 1.54) is 7.11 Å². The van der Waals surface area contributed by atoms with Crippen LogP contribution < -0.4 is 0 Å². The average molecular weight is 183 g/mol. The van der Waals surface area contributed by atoms with Crippen LogP contribution in [0.2, 0.25) is 0 Å². The summed E-state index contributed by atoms with van der Waals surface area (Å²) in [6.07, 6.45) is 2.13. The van der Waals surface area contributed by atoms with Gasteiger partial charge in [-0.05, 0) is 13.8 Å². The lowest BCUT2D eigenvalue weighted by Gasteiger charge is -2.19. The molecule has 0 saturated heterocycles. The van der Waals surface area contributed by atoms with Gasteiger partial charge in [-0.1, -0.05) is 0 Å². The van der Waals surface area contributed by atoms with Crippen LogP contribution in [0.1, 0.15) is 19.5 Å². The minimum absolute atomic E-state index is 0.240. The van der Waals surface area contributed by atoms with Gasteiger partial charge in [0.05, 0.1) is 24.4 Å². The molecule has 1 heterocycles. The maximum Gasteiger partial charge on any atom is 0.311 e. The van der Waals surface area contributed by atoms with E-state index in [9.17, 15) is 4.79 Å². The SMILES string of the molecule is COC(=O)C(C)(C)Cc1cn[nH]n1. The van der Waals surface area contributed by atoms with E-state index >= 15 is 0 Å². The summed E-state index contributed by atoms with van der Waals surface area (Å²) < 4.78 is 4.67. The summed E-state index contributed by atoms with van der Waals surface area (Å²) in [4.78, 5) is 11.3. The van der Waals surface area contributed by atoms with E-state index in [4.69, 9.17) is 0 Å². The molecule has 0 radical (unpaired) electrons. The lowest BCUT2D eigenvalue weighted by Crippen LogP contribution is -2.28. The number of esters is 1. The zero-order chi connectivity index (χ0) is 9.90. The monoisotopic (exact) mass is 183 g/mol. The maximum atomic E-state index is 11.3. The third-order valence-electron chi connectivity index (χ3n) is 1.83. The highest BCUT2D eigenvalue weighted by atomic mass is 16.5. The minimum Gasteiger partial charge on any atom is -0.469 e. The fraction of sp³-hybridized carbons (Fsp3) is 0.625. The van der Waals surface area contributed by atoms with Gasteiger partial charge in [-0.25, -0.2) is 0 Å². The first-order valence-corrected chi connectivity index (χ1v) is 3.99. The van der Waals surface area contributed by atoms with Crippen LogP contribution >= 0.6 is 0 Å². The number of nitrogens with one attached hydrogen (secondary N) is 1. The van der Waals surface area contributed by atoms with Gasteiger partial charge >= 0.3 is 5.97 Å². The van der Waals surface area contributed by atoms with E-state index in [-0.39, 0.29) is 5.97 Å².